The first-order valence-corrected chi connectivity index (χ1v) is 11.6. The molecule has 0 bridgehead atoms. The van der Waals surface area contributed by atoms with Gasteiger partial charge >= 0.3 is 12.1 Å². The first kappa shape index (κ1) is 26.5. The van der Waals surface area contributed by atoms with Crippen molar-refractivity contribution in [1.29, 1.82) is 0 Å². The van der Waals surface area contributed by atoms with Crippen molar-refractivity contribution in [2.75, 3.05) is 20.2 Å². The average molecular weight is 493 g/mol. The Labute approximate surface area is 203 Å². The third-order valence-electron chi connectivity index (χ3n) is 6.41. The molecule has 35 heavy (non-hydrogen) atoms. The number of hydrogen-bond acceptors (Lipinski definition) is 5. The molecule has 1 aliphatic rings. The number of esters is 1. The van der Waals surface area contributed by atoms with E-state index in [0.717, 1.165) is 31.2 Å². The van der Waals surface area contributed by atoms with Gasteiger partial charge in [0.05, 0.1) is 7.11 Å². The Kier molecular flexibility index (Phi) is 8.10. The Morgan fingerprint density at radius 3 is 2.20 bits per heavy atom. The highest BCUT2D eigenvalue weighted by Crippen LogP contribution is 2.40. The monoisotopic (exact) mass is 492 g/mol. The minimum atomic E-state index is -5.28. The van der Waals surface area contributed by atoms with Gasteiger partial charge in [-0.1, -0.05) is 68.7 Å². The summed E-state index contributed by atoms with van der Waals surface area (Å²) >= 11 is 0. The molecule has 9 heteroatoms. The number of alkyl halides is 3. The zero-order chi connectivity index (χ0) is 25.7. The molecule has 3 rings (SSSR count). The molecular formula is C26H31F3N2O4. The topological polar surface area (TPSA) is 81.9 Å². The number of amides is 1. The molecule has 1 amide bonds. The maximum Gasteiger partial charge on any atom is 0.491 e. The standard InChI is InChI=1S/C26H31F3N2O4/c1-3-4-8-15-24(20-9-6-5-7-10-20)17-31(18-24)22(32)25(30,35-23(33)26(27,28)29)16-19-11-13-21(34-2)14-12-19/h5-7,9-14H,3-4,8,15-18,30H2,1-2H3/t25-/m1/s1. The van der Waals surface area contributed by atoms with Crippen LogP contribution in [0.2, 0.25) is 0 Å². The number of hydrogen-bond donors (Lipinski definition) is 1. The highest BCUT2D eigenvalue weighted by molar-refractivity contribution is 5.89. The van der Waals surface area contributed by atoms with Crippen LogP contribution in [0, 0.1) is 0 Å². The van der Waals surface area contributed by atoms with Gasteiger partial charge in [0.15, 0.2) is 0 Å². The Morgan fingerprint density at radius 2 is 1.66 bits per heavy atom. The van der Waals surface area contributed by atoms with Crippen LogP contribution in [-0.4, -0.2) is 48.9 Å². The van der Waals surface area contributed by atoms with Gasteiger partial charge in [0.25, 0.3) is 5.91 Å². The first-order chi connectivity index (χ1) is 16.5. The lowest BCUT2D eigenvalue weighted by Crippen LogP contribution is -2.69. The molecule has 0 saturated carbocycles. The number of carbonyl (C=O) groups is 2. The molecule has 1 fully saturated rings. The molecule has 1 atom stereocenters. The maximum atomic E-state index is 13.4. The quantitative estimate of drug-likeness (QED) is 0.303. The average Bonchev–Trinajstić information content (AvgIpc) is 2.80. The highest BCUT2D eigenvalue weighted by Gasteiger charge is 2.54. The molecule has 0 aliphatic carbocycles. The lowest BCUT2D eigenvalue weighted by Gasteiger charge is -2.52. The van der Waals surface area contributed by atoms with Gasteiger partial charge in [0.1, 0.15) is 5.75 Å². The van der Waals surface area contributed by atoms with E-state index in [4.69, 9.17) is 10.5 Å². The second kappa shape index (κ2) is 10.7. The number of rotatable bonds is 10. The van der Waals surface area contributed by atoms with Crippen LogP contribution in [-0.2, 0) is 26.2 Å². The number of likely N-dealkylation sites (tertiary alicyclic amines) is 1. The van der Waals surface area contributed by atoms with Gasteiger partial charge in [0.2, 0.25) is 5.72 Å². The predicted molar refractivity (Wildman–Crippen MR) is 125 cm³/mol. The molecule has 0 spiro atoms. The number of nitrogens with zero attached hydrogens (tertiary/aromatic N) is 1. The molecule has 0 aromatic heterocycles. The third-order valence-corrected chi connectivity index (χ3v) is 6.41. The normalized spacial score (nSPS) is 16.7. The molecule has 190 valence electrons. The molecular weight excluding hydrogens is 461 g/mol. The van der Waals surface area contributed by atoms with E-state index in [-0.39, 0.29) is 18.5 Å². The Bertz CT molecular complexity index is 1010. The van der Waals surface area contributed by atoms with Gasteiger partial charge in [-0.3, -0.25) is 10.5 Å². The van der Waals surface area contributed by atoms with Crippen molar-refractivity contribution >= 4 is 11.9 Å². The fraction of sp³-hybridized carbons (Fsp3) is 0.462. The summed E-state index contributed by atoms with van der Waals surface area (Å²) in [5.74, 6) is -2.83. The van der Waals surface area contributed by atoms with Crippen LogP contribution in [0.3, 0.4) is 0 Å². The van der Waals surface area contributed by atoms with E-state index in [1.165, 1.54) is 12.0 Å². The number of methoxy groups -OCH3 is 1. The van der Waals surface area contributed by atoms with Gasteiger partial charge in [-0.05, 0) is 29.7 Å². The summed E-state index contributed by atoms with van der Waals surface area (Å²) in [5, 5.41) is 0. The number of halogens is 3. The molecule has 0 radical (unpaired) electrons. The minimum Gasteiger partial charge on any atom is -0.497 e. The Balaban J connectivity index is 1.84. The number of benzene rings is 2. The zero-order valence-corrected chi connectivity index (χ0v) is 19.9. The van der Waals surface area contributed by atoms with Crippen molar-refractivity contribution < 1.29 is 32.2 Å². The molecule has 1 aliphatic heterocycles. The number of carbonyl (C=O) groups excluding carboxylic acids is 2. The van der Waals surface area contributed by atoms with E-state index in [1.54, 1.807) is 24.3 Å². The minimum absolute atomic E-state index is 0.282. The van der Waals surface area contributed by atoms with E-state index in [9.17, 15) is 22.8 Å². The van der Waals surface area contributed by atoms with Crippen LogP contribution < -0.4 is 10.5 Å². The summed E-state index contributed by atoms with van der Waals surface area (Å²) in [6, 6.07) is 16.0. The lowest BCUT2D eigenvalue weighted by molar-refractivity contribution is -0.217. The molecule has 1 saturated heterocycles. The van der Waals surface area contributed by atoms with Crippen LogP contribution in [0.25, 0.3) is 0 Å². The van der Waals surface area contributed by atoms with Crippen molar-refractivity contribution in [3.8, 4) is 5.75 Å². The third kappa shape index (κ3) is 6.14. The van der Waals surface area contributed by atoms with E-state index < -0.39 is 30.2 Å². The lowest BCUT2D eigenvalue weighted by atomic mass is 9.70. The summed E-state index contributed by atoms with van der Waals surface area (Å²) in [6.45, 7) is 2.66. The van der Waals surface area contributed by atoms with Gasteiger partial charge in [0, 0.05) is 24.9 Å². The van der Waals surface area contributed by atoms with Crippen LogP contribution in [0.15, 0.2) is 54.6 Å². The number of nitrogens with two attached hydrogens (primary N) is 1. The van der Waals surface area contributed by atoms with Crippen LogP contribution in [0.4, 0.5) is 13.2 Å². The fourth-order valence-corrected chi connectivity index (χ4v) is 4.51. The molecule has 2 aromatic carbocycles. The SMILES string of the molecule is CCCCCC1(c2ccccc2)CN(C(=O)[C@@](N)(Cc2ccc(OC)cc2)OC(=O)C(F)(F)F)C1. The van der Waals surface area contributed by atoms with Gasteiger partial charge in [-0.15, -0.1) is 0 Å². The maximum absolute atomic E-state index is 13.4. The van der Waals surface area contributed by atoms with Crippen molar-refractivity contribution in [2.45, 2.75) is 56.3 Å². The summed E-state index contributed by atoms with van der Waals surface area (Å²) in [7, 11) is 1.47. The van der Waals surface area contributed by atoms with Crippen LogP contribution in [0.5, 0.6) is 5.75 Å². The van der Waals surface area contributed by atoms with E-state index in [1.807, 2.05) is 30.3 Å². The van der Waals surface area contributed by atoms with Gasteiger partial charge in [-0.25, -0.2) is 4.79 Å². The summed E-state index contributed by atoms with van der Waals surface area (Å²) in [6.07, 6.45) is -1.85. The molecule has 6 nitrogen and oxygen atoms in total. The molecule has 2 aromatic rings. The van der Waals surface area contributed by atoms with Crippen molar-refractivity contribution in [1.82, 2.24) is 4.90 Å². The van der Waals surface area contributed by atoms with Crippen LogP contribution in [0.1, 0.15) is 43.7 Å². The highest BCUT2D eigenvalue weighted by atomic mass is 19.4. The Morgan fingerprint density at radius 1 is 1.03 bits per heavy atom. The largest absolute Gasteiger partial charge is 0.497 e. The van der Waals surface area contributed by atoms with Crippen molar-refractivity contribution in [3.63, 3.8) is 0 Å². The Hall–Kier alpha value is -3.07. The number of unbranched alkanes of at least 4 members (excludes halogenated alkanes) is 2. The van der Waals surface area contributed by atoms with Crippen LogP contribution >= 0.6 is 0 Å². The molecule has 2 N–H and O–H groups in total. The van der Waals surface area contributed by atoms with Gasteiger partial charge in [-0.2, -0.15) is 13.2 Å². The van der Waals surface area contributed by atoms with E-state index in [0.29, 0.717) is 11.3 Å². The summed E-state index contributed by atoms with van der Waals surface area (Å²) in [5.41, 5.74) is 4.80. The predicted octanol–water partition coefficient (Wildman–Crippen LogP) is 4.36. The fourth-order valence-electron chi connectivity index (χ4n) is 4.51. The zero-order valence-electron chi connectivity index (χ0n) is 19.9. The smallest absolute Gasteiger partial charge is 0.491 e. The second-order valence-electron chi connectivity index (χ2n) is 9.07. The van der Waals surface area contributed by atoms with E-state index in [2.05, 4.69) is 11.7 Å². The van der Waals surface area contributed by atoms with Gasteiger partial charge < -0.3 is 14.4 Å². The number of ether oxygens (including phenoxy) is 2. The summed E-state index contributed by atoms with van der Waals surface area (Å²) < 4.78 is 48.8. The molecule has 1 heterocycles. The first-order valence-electron chi connectivity index (χ1n) is 11.6. The second-order valence-corrected chi connectivity index (χ2v) is 9.07. The van der Waals surface area contributed by atoms with E-state index >= 15 is 0 Å². The van der Waals surface area contributed by atoms with Crippen molar-refractivity contribution in [2.24, 2.45) is 5.73 Å². The van der Waals surface area contributed by atoms with Crippen molar-refractivity contribution in [3.05, 3.63) is 65.7 Å². The summed E-state index contributed by atoms with van der Waals surface area (Å²) in [4.78, 5) is 26.5. The molecule has 0 unspecified atom stereocenters.